The Kier molecular flexibility index (Phi) is 0.998. The lowest BCUT2D eigenvalue weighted by Gasteiger charge is -2.37. The standard InChI is InChI=1S/C12H11BrO4/c13-11-5-3-4(5)10(9(14)15)7(8(10)11)6(3)12(11)16-1-2-17-12/h3-8H,1-2H2,(H,14,15)/t3-,4+,5-,6-,7+,8-,10+,11-/m0/s1. The summed E-state index contributed by atoms with van der Waals surface area (Å²) in [6.07, 6.45) is 0. The maximum Gasteiger partial charge on any atom is 0.310 e. The molecular weight excluding hydrogens is 288 g/mol. The summed E-state index contributed by atoms with van der Waals surface area (Å²) in [6.45, 7) is 1.32. The molecule has 1 heterocycles. The van der Waals surface area contributed by atoms with Gasteiger partial charge in [-0.15, -0.1) is 0 Å². The van der Waals surface area contributed by atoms with E-state index in [1.807, 2.05) is 0 Å². The van der Waals surface area contributed by atoms with Crippen LogP contribution in [-0.4, -0.2) is 34.4 Å². The molecule has 8 atom stereocenters. The number of halogens is 1. The molecule has 7 aliphatic rings. The van der Waals surface area contributed by atoms with E-state index < -0.39 is 17.2 Å². The van der Waals surface area contributed by atoms with Crippen LogP contribution in [0, 0.1) is 40.9 Å². The molecule has 1 spiro atoms. The Morgan fingerprint density at radius 1 is 1.18 bits per heavy atom. The van der Waals surface area contributed by atoms with Gasteiger partial charge in [0.05, 0.1) is 23.0 Å². The quantitative estimate of drug-likeness (QED) is 0.724. The molecule has 90 valence electrons. The van der Waals surface area contributed by atoms with Crippen molar-refractivity contribution in [3.63, 3.8) is 0 Å². The zero-order chi connectivity index (χ0) is 11.4. The van der Waals surface area contributed by atoms with Crippen molar-refractivity contribution < 1.29 is 19.4 Å². The molecule has 6 aliphatic carbocycles. The molecule has 1 saturated heterocycles. The predicted octanol–water partition coefficient (Wildman–Crippen LogP) is 0.699. The maximum atomic E-state index is 11.6. The minimum atomic E-state index is -0.568. The molecule has 4 nitrogen and oxygen atoms in total. The van der Waals surface area contributed by atoms with E-state index in [-0.39, 0.29) is 10.2 Å². The summed E-state index contributed by atoms with van der Waals surface area (Å²) >= 11 is 3.90. The first-order valence-corrected chi connectivity index (χ1v) is 7.13. The lowest BCUT2D eigenvalue weighted by Crippen LogP contribution is -2.50. The van der Waals surface area contributed by atoms with Gasteiger partial charge in [0, 0.05) is 11.8 Å². The fourth-order valence-corrected chi connectivity index (χ4v) is 8.56. The van der Waals surface area contributed by atoms with E-state index in [4.69, 9.17) is 9.47 Å². The number of alkyl halides is 1. The van der Waals surface area contributed by atoms with Crippen LogP contribution in [-0.2, 0) is 14.3 Å². The van der Waals surface area contributed by atoms with E-state index in [1.54, 1.807) is 0 Å². The molecule has 5 heteroatoms. The highest BCUT2D eigenvalue weighted by Gasteiger charge is 3.10. The average Bonchev–Trinajstić information content (AvgIpc) is 2.97. The average molecular weight is 299 g/mol. The Labute approximate surface area is 106 Å². The summed E-state index contributed by atoms with van der Waals surface area (Å²) in [5, 5.41) is 9.59. The molecular formula is C12H11BrO4. The molecule has 7 fully saturated rings. The van der Waals surface area contributed by atoms with Crippen molar-refractivity contribution in [3.8, 4) is 0 Å². The molecule has 0 aromatic rings. The number of carboxylic acid groups (broad SMARTS) is 1. The third-order valence-electron chi connectivity index (χ3n) is 6.74. The molecule has 0 amide bonds. The Bertz CT molecular complexity index is 515. The van der Waals surface area contributed by atoms with Gasteiger partial charge in [-0.3, -0.25) is 4.79 Å². The van der Waals surface area contributed by atoms with Crippen molar-refractivity contribution in [1.29, 1.82) is 0 Å². The van der Waals surface area contributed by atoms with Crippen LogP contribution in [0.2, 0.25) is 0 Å². The van der Waals surface area contributed by atoms with Crippen molar-refractivity contribution in [3.05, 3.63) is 0 Å². The molecule has 17 heavy (non-hydrogen) atoms. The number of carbonyl (C=O) groups is 1. The van der Waals surface area contributed by atoms with Crippen molar-refractivity contribution in [2.75, 3.05) is 13.2 Å². The van der Waals surface area contributed by atoms with Gasteiger partial charge in [0.1, 0.15) is 0 Å². The van der Waals surface area contributed by atoms with Gasteiger partial charge in [-0.2, -0.15) is 0 Å². The van der Waals surface area contributed by atoms with Gasteiger partial charge in [-0.1, -0.05) is 15.9 Å². The first kappa shape index (κ1) is 8.88. The highest BCUT2D eigenvalue weighted by molar-refractivity contribution is 9.10. The van der Waals surface area contributed by atoms with Crippen molar-refractivity contribution in [2.45, 2.75) is 10.1 Å². The Balaban J connectivity index is 1.63. The highest BCUT2D eigenvalue weighted by atomic mass is 79.9. The van der Waals surface area contributed by atoms with Gasteiger partial charge in [0.15, 0.2) is 5.79 Å². The second kappa shape index (κ2) is 1.91. The Morgan fingerprint density at radius 2 is 1.88 bits per heavy atom. The summed E-state index contributed by atoms with van der Waals surface area (Å²) in [6, 6.07) is 0. The van der Waals surface area contributed by atoms with Gasteiger partial charge >= 0.3 is 5.97 Å². The number of carboxylic acids is 1. The monoisotopic (exact) mass is 298 g/mol. The van der Waals surface area contributed by atoms with Crippen LogP contribution >= 0.6 is 15.9 Å². The van der Waals surface area contributed by atoms with E-state index >= 15 is 0 Å². The van der Waals surface area contributed by atoms with Crippen LogP contribution in [0.15, 0.2) is 0 Å². The summed E-state index contributed by atoms with van der Waals surface area (Å²) in [5.41, 5.74) is -0.399. The van der Waals surface area contributed by atoms with Gasteiger partial charge in [-0.05, 0) is 23.7 Å². The second-order valence-corrected chi connectivity index (χ2v) is 7.84. The van der Waals surface area contributed by atoms with Gasteiger partial charge in [-0.25, -0.2) is 0 Å². The molecule has 0 radical (unpaired) electrons. The summed E-state index contributed by atoms with van der Waals surface area (Å²) < 4.78 is 11.8. The van der Waals surface area contributed by atoms with E-state index in [0.29, 0.717) is 42.8 Å². The van der Waals surface area contributed by atoms with Gasteiger partial charge in [0.2, 0.25) is 0 Å². The number of rotatable bonds is 1. The minimum absolute atomic E-state index is 0.181. The number of hydrogen-bond acceptors (Lipinski definition) is 3. The number of hydrogen-bond donors (Lipinski definition) is 1. The van der Waals surface area contributed by atoms with E-state index in [2.05, 4.69) is 15.9 Å². The van der Waals surface area contributed by atoms with Crippen LogP contribution in [0.1, 0.15) is 0 Å². The molecule has 7 rings (SSSR count). The third-order valence-corrected chi connectivity index (χ3v) is 8.32. The van der Waals surface area contributed by atoms with Crippen LogP contribution in [0.5, 0.6) is 0 Å². The van der Waals surface area contributed by atoms with Crippen LogP contribution in [0.3, 0.4) is 0 Å². The number of ether oxygens (including phenoxy) is 2. The summed E-state index contributed by atoms with van der Waals surface area (Å²) in [5.74, 6) is 1.35. The zero-order valence-electron chi connectivity index (χ0n) is 8.93. The fourth-order valence-electron chi connectivity index (χ4n) is 6.82. The van der Waals surface area contributed by atoms with Crippen molar-refractivity contribution in [2.24, 2.45) is 40.9 Å². The minimum Gasteiger partial charge on any atom is -0.481 e. The van der Waals surface area contributed by atoms with Gasteiger partial charge in [0.25, 0.3) is 0 Å². The predicted molar refractivity (Wildman–Crippen MR) is 57.3 cm³/mol. The molecule has 6 saturated carbocycles. The first-order valence-electron chi connectivity index (χ1n) is 6.33. The normalized spacial score (nSPS) is 73.5. The second-order valence-electron chi connectivity index (χ2n) is 6.53. The smallest absolute Gasteiger partial charge is 0.310 e. The Hall–Kier alpha value is -0.130. The SMILES string of the molecule is O=C(O)[C@]12[C@@H]3[C@@H]4[C@H]5[C@@H]1[C@@H]2[C@@](Br)([C@@H]43)C51OCCO1. The first-order chi connectivity index (χ1) is 8.13. The zero-order valence-corrected chi connectivity index (χ0v) is 10.5. The topological polar surface area (TPSA) is 55.8 Å². The third kappa shape index (κ3) is 0.479. The molecule has 2 bridgehead atoms. The van der Waals surface area contributed by atoms with Crippen molar-refractivity contribution in [1.82, 2.24) is 0 Å². The highest BCUT2D eigenvalue weighted by Crippen LogP contribution is 3.04. The largest absolute Gasteiger partial charge is 0.481 e. The van der Waals surface area contributed by atoms with Crippen LogP contribution in [0.4, 0.5) is 0 Å². The molecule has 0 unspecified atom stereocenters. The number of aliphatic carboxylic acids is 1. The Morgan fingerprint density at radius 3 is 2.29 bits per heavy atom. The van der Waals surface area contributed by atoms with E-state index in [0.717, 1.165) is 0 Å². The fraction of sp³-hybridized carbons (Fsp3) is 0.917. The van der Waals surface area contributed by atoms with E-state index in [9.17, 15) is 9.90 Å². The summed E-state index contributed by atoms with van der Waals surface area (Å²) in [7, 11) is 0. The molecule has 0 aromatic heterocycles. The van der Waals surface area contributed by atoms with Crippen LogP contribution in [0.25, 0.3) is 0 Å². The maximum absolute atomic E-state index is 11.6. The van der Waals surface area contributed by atoms with E-state index in [1.165, 1.54) is 0 Å². The summed E-state index contributed by atoms with van der Waals surface area (Å²) in [4.78, 5) is 11.6. The van der Waals surface area contributed by atoms with Crippen LogP contribution < -0.4 is 0 Å². The van der Waals surface area contributed by atoms with Crippen molar-refractivity contribution >= 4 is 21.9 Å². The molecule has 1 N–H and O–H groups in total. The van der Waals surface area contributed by atoms with Gasteiger partial charge < -0.3 is 14.6 Å². The molecule has 0 aromatic carbocycles. The lowest BCUT2D eigenvalue weighted by atomic mass is 9.94. The lowest BCUT2D eigenvalue weighted by molar-refractivity contribution is -0.193. The molecule has 1 aliphatic heterocycles.